The van der Waals surface area contributed by atoms with Crippen LogP contribution in [0, 0.1) is 0 Å². The minimum absolute atomic E-state index is 0.317. The van der Waals surface area contributed by atoms with Crippen molar-refractivity contribution in [2.75, 3.05) is 7.11 Å². The van der Waals surface area contributed by atoms with Gasteiger partial charge in [0, 0.05) is 18.0 Å². The van der Waals surface area contributed by atoms with E-state index in [1.807, 2.05) is 22.9 Å². The molecule has 1 aromatic heterocycles. The van der Waals surface area contributed by atoms with Gasteiger partial charge in [0.15, 0.2) is 0 Å². The molecule has 2 aromatic rings. The molecule has 0 aliphatic heterocycles. The van der Waals surface area contributed by atoms with Crippen LogP contribution < -0.4 is 10.5 Å². The summed E-state index contributed by atoms with van der Waals surface area (Å²) in [5, 5.41) is 5.62. The molecule has 0 aliphatic rings. The van der Waals surface area contributed by atoms with E-state index in [0.29, 0.717) is 12.6 Å². The van der Waals surface area contributed by atoms with Gasteiger partial charge in [-0.15, -0.1) is 0 Å². The Balaban J connectivity index is 2.68. The van der Waals surface area contributed by atoms with Gasteiger partial charge in [0.05, 0.1) is 18.3 Å². The average molecular weight is 219 g/mol. The highest BCUT2D eigenvalue weighted by Crippen LogP contribution is 2.25. The quantitative estimate of drug-likeness (QED) is 0.860. The molecule has 0 saturated heterocycles. The van der Waals surface area contributed by atoms with Gasteiger partial charge in [-0.1, -0.05) is 0 Å². The third-order valence-corrected chi connectivity index (χ3v) is 2.69. The molecule has 0 aliphatic carbocycles. The highest BCUT2D eigenvalue weighted by Gasteiger charge is 2.12. The molecule has 16 heavy (non-hydrogen) atoms. The van der Waals surface area contributed by atoms with Gasteiger partial charge < -0.3 is 10.5 Å². The topological polar surface area (TPSA) is 53.1 Å². The first kappa shape index (κ1) is 11.0. The zero-order valence-corrected chi connectivity index (χ0v) is 9.90. The summed E-state index contributed by atoms with van der Waals surface area (Å²) in [5.74, 6) is 0.838. The number of methoxy groups -OCH3 is 1. The zero-order chi connectivity index (χ0) is 11.7. The van der Waals surface area contributed by atoms with Crippen molar-refractivity contribution in [2.45, 2.75) is 26.4 Å². The summed E-state index contributed by atoms with van der Waals surface area (Å²) in [4.78, 5) is 0. The maximum absolute atomic E-state index is 5.79. The fourth-order valence-corrected chi connectivity index (χ4v) is 1.89. The number of hydrogen-bond donors (Lipinski definition) is 1. The third kappa shape index (κ3) is 1.65. The third-order valence-electron chi connectivity index (χ3n) is 2.69. The average Bonchev–Trinajstić information content (AvgIpc) is 2.66. The Morgan fingerprint density at radius 3 is 2.75 bits per heavy atom. The molecule has 4 heteroatoms. The number of nitrogens with two attached hydrogens (primary N) is 1. The number of aromatic nitrogens is 2. The minimum atomic E-state index is 0.317. The smallest absolute Gasteiger partial charge is 0.119 e. The van der Waals surface area contributed by atoms with Gasteiger partial charge in [-0.3, -0.25) is 4.68 Å². The van der Waals surface area contributed by atoms with Crippen molar-refractivity contribution in [1.82, 2.24) is 9.78 Å². The van der Waals surface area contributed by atoms with E-state index in [1.54, 1.807) is 7.11 Å². The number of ether oxygens (including phenoxy) is 1. The first-order valence-electron chi connectivity index (χ1n) is 5.42. The number of rotatable bonds is 3. The number of nitrogens with zero attached hydrogens (tertiary/aromatic N) is 2. The van der Waals surface area contributed by atoms with Crippen LogP contribution in [0.3, 0.4) is 0 Å². The van der Waals surface area contributed by atoms with Crippen molar-refractivity contribution in [1.29, 1.82) is 0 Å². The summed E-state index contributed by atoms with van der Waals surface area (Å²) in [6, 6.07) is 6.19. The van der Waals surface area contributed by atoms with Crippen molar-refractivity contribution in [3.05, 3.63) is 23.9 Å². The Hall–Kier alpha value is -1.55. The second-order valence-corrected chi connectivity index (χ2v) is 4.07. The molecule has 0 fully saturated rings. The molecule has 0 atom stereocenters. The van der Waals surface area contributed by atoms with Crippen LogP contribution in [0.4, 0.5) is 0 Å². The lowest BCUT2D eigenvalue weighted by molar-refractivity contribution is 0.415. The van der Waals surface area contributed by atoms with Crippen LogP contribution in [0.1, 0.15) is 25.6 Å². The van der Waals surface area contributed by atoms with Gasteiger partial charge in [0.2, 0.25) is 0 Å². The summed E-state index contributed by atoms with van der Waals surface area (Å²) < 4.78 is 7.19. The molecule has 4 nitrogen and oxygen atoms in total. The normalized spacial score (nSPS) is 11.3. The first-order chi connectivity index (χ1) is 7.67. The van der Waals surface area contributed by atoms with Gasteiger partial charge in [0.1, 0.15) is 5.75 Å². The van der Waals surface area contributed by atoms with Crippen molar-refractivity contribution in [3.63, 3.8) is 0 Å². The van der Waals surface area contributed by atoms with Gasteiger partial charge in [0.25, 0.3) is 0 Å². The molecule has 0 saturated carbocycles. The van der Waals surface area contributed by atoms with E-state index in [9.17, 15) is 0 Å². The molecule has 1 aromatic carbocycles. The molecule has 0 spiro atoms. The Morgan fingerprint density at radius 2 is 2.19 bits per heavy atom. The van der Waals surface area contributed by atoms with E-state index in [4.69, 9.17) is 10.5 Å². The molecule has 86 valence electrons. The van der Waals surface area contributed by atoms with E-state index in [1.165, 1.54) is 0 Å². The lowest BCUT2D eigenvalue weighted by Gasteiger charge is -2.09. The zero-order valence-electron chi connectivity index (χ0n) is 9.90. The Labute approximate surface area is 95.0 Å². The van der Waals surface area contributed by atoms with Crippen LogP contribution in [-0.4, -0.2) is 16.9 Å². The molecular formula is C12H17N3O. The van der Waals surface area contributed by atoms with Crippen molar-refractivity contribution in [3.8, 4) is 5.75 Å². The highest BCUT2D eigenvalue weighted by atomic mass is 16.5. The second-order valence-electron chi connectivity index (χ2n) is 4.07. The monoisotopic (exact) mass is 219 g/mol. The number of fused-ring (bicyclic) bond motifs is 1. The predicted octanol–water partition coefficient (Wildman–Crippen LogP) is 2.08. The fourth-order valence-electron chi connectivity index (χ4n) is 1.89. The number of hydrogen-bond acceptors (Lipinski definition) is 3. The van der Waals surface area contributed by atoms with Crippen molar-refractivity contribution >= 4 is 10.9 Å². The molecule has 0 amide bonds. The first-order valence-corrected chi connectivity index (χ1v) is 5.42. The van der Waals surface area contributed by atoms with Gasteiger partial charge in [-0.05, 0) is 32.0 Å². The summed E-state index contributed by atoms with van der Waals surface area (Å²) in [6.45, 7) is 4.69. The minimum Gasteiger partial charge on any atom is -0.497 e. The summed E-state index contributed by atoms with van der Waals surface area (Å²) >= 11 is 0. The van der Waals surface area contributed by atoms with Crippen LogP contribution in [0.5, 0.6) is 5.75 Å². The second kappa shape index (κ2) is 4.14. The summed E-state index contributed by atoms with van der Waals surface area (Å²) in [5.41, 5.74) is 7.82. The Bertz CT molecular complexity index is 502. The van der Waals surface area contributed by atoms with Crippen molar-refractivity contribution < 1.29 is 4.74 Å². The predicted molar refractivity (Wildman–Crippen MR) is 64.6 cm³/mol. The van der Waals surface area contributed by atoms with Crippen LogP contribution in [0.2, 0.25) is 0 Å². The molecule has 0 unspecified atom stereocenters. The Kier molecular flexibility index (Phi) is 2.83. The maximum atomic E-state index is 5.79. The fraction of sp³-hybridized carbons (Fsp3) is 0.417. The molecular weight excluding hydrogens is 202 g/mol. The van der Waals surface area contributed by atoms with E-state index in [2.05, 4.69) is 18.9 Å². The lowest BCUT2D eigenvalue weighted by atomic mass is 10.2. The van der Waals surface area contributed by atoms with Crippen LogP contribution in [-0.2, 0) is 6.54 Å². The summed E-state index contributed by atoms with van der Waals surface area (Å²) in [6.07, 6.45) is 0. The highest BCUT2D eigenvalue weighted by molar-refractivity contribution is 5.83. The van der Waals surface area contributed by atoms with Crippen LogP contribution >= 0.6 is 0 Å². The lowest BCUT2D eigenvalue weighted by Crippen LogP contribution is -2.10. The van der Waals surface area contributed by atoms with E-state index >= 15 is 0 Å². The van der Waals surface area contributed by atoms with E-state index < -0.39 is 0 Å². The van der Waals surface area contributed by atoms with Gasteiger partial charge in [-0.2, -0.15) is 5.10 Å². The largest absolute Gasteiger partial charge is 0.497 e. The van der Waals surface area contributed by atoms with Crippen LogP contribution in [0.25, 0.3) is 10.9 Å². The van der Waals surface area contributed by atoms with Gasteiger partial charge in [-0.25, -0.2) is 0 Å². The molecule has 1 heterocycles. The number of benzene rings is 1. The molecule has 0 radical (unpaired) electrons. The Morgan fingerprint density at radius 1 is 1.44 bits per heavy atom. The standard InChI is InChI=1S/C12H17N3O/c1-8(2)15-12(7-13)10-6-9(16-3)4-5-11(10)14-15/h4-6,8H,7,13H2,1-3H3. The van der Waals surface area contributed by atoms with E-state index in [0.717, 1.165) is 22.3 Å². The van der Waals surface area contributed by atoms with E-state index in [-0.39, 0.29) is 0 Å². The molecule has 0 bridgehead atoms. The van der Waals surface area contributed by atoms with Crippen molar-refractivity contribution in [2.24, 2.45) is 5.73 Å². The molecule has 2 rings (SSSR count). The summed E-state index contributed by atoms with van der Waals surface area (Å²) in [7, 11) is 1.66. The van der Waals surface area contributed by atoms with Crippen LogP contribution in [0.15, 0.2) is 18.2 Å². The molecule has 2 N–H and O–H groups in total. The maximum Gasteiger partial charge on any atom is 0.119 e. The van der Waals surface area contributed by atoms with Gasteiger partial charge >= 0.3 is 0 Å². The SMILES string of the molecule is COc1ccc2nn(C(C)C)c(CN)c2c1.